The fraction of sp³-hybridized carbons (Fsp3) is 0.200. The molecule has 0 radical (unpaired) electrons. The minimum absolute atomic E-state index is 0.290. The van der Waals surface area contributed by atoms with E-state index < -0.39 is 3.79 Å². The number of hydrogen-bond donors (Lipinski definition) is 0. The molecule has 0 fully saturated rings. The number of rotatable bonds is 0. The first-order chi connectivity index (χ1) is 4.11. The predicted octanol–water partition coefficient (Wildman–Crippen LogP) is 2.57. The van der Waals surface area contributed by atoms with E-state index in [2.05, 4.69) is 4.08 Å². The van der Waals surface area contributed by atoms with Crippen molar-refractivity contribution in [3.8, 4) is 0 Å². The summed E-state index contributed by atoms with van der Waals surface area (Å²) in [6.07, 6.45) is 0. The van der Waals surface area contributed by atoms with Crippen LogP contribution in [-0.4, -0.2) is 20.4 Å². The monoisotopic (exact) mass is 298 g/mol. The Balaban J connectivity index is 2.90. The van der Waals surface area contributed by atoms with Gasteiger partial charge in [0.1, 0.15) is 0 Å². The van der Waals surface area contributed by atoms with Gasteiger partial charge in [-0.2, -0.15) is 0 Å². The standard InChI is InChI=1S/C5H3Cl3Te/c6-5(7,8)4-2-1-3-9-4/h1-3H. The average molecular weight is 297 g/mol. The third-order valence-electron chi connectivity index (χ3n) is 0.801. The summed E-state index contributed by atoms with van der Waals surface area (Å²) < 4.78 is 1.91. The second kappa shape index (κ2) is 3.03. The van der Waals surface area contributed by atoms with Gasteiger partial charge in [0, 0.05) is 0 Å². The van der Waals surface area contributed by atoms with Crippen LogP contribution in [0.2, 0.25) is 0 Å². The van der Waals surface area contributed by atoms with Crippen molar-refractivity contribution >= 4 is 55.2 Å². The first-order valence-corrected chi connectivity index (χ1v) is 5.86. The molecule has 0 atom stereocenters. The number of alkyl halides is 3. The Kier molecular flexibility index (Phi) is 2.77. The van der Waals surface area contributed by atoms with Crippen LogP contribution < -0.4 is 0 Å². The van der Waals surface area contributed by atoms with Crippen LogP contribution in [0.3, 0.4) is 0 Å². The van der Waals surface area contributed by atoms with Gasteiger partial charge in [0.05, 0.1) is 0 Å². The van der Waals surface area contributed by atoms with Crippen LogP contribution in [0, 0.1) is 0 Å². The Morgan fingerprint density at radius 1 is 1.33 bits per heavy atom. The second-order valence-corrected chi connectivity index (χ2v) is 6.46. The zero-order valence-electron chi connectivity index (χ0n) is 4.27. The minimum atomic E-state index is -1.15. The summed E-state index contributed by atoms with van der Waals surface area (Å²) in [5.74, 6) is 0. The molecule has 0 aliphatic heterocycles. The quantitative estimate of drug-likeness (QED) is 0.510. The van der Waals surface area contributed by atoms with Gasteiger partial charge in [-0.05, 0) is 0 Å². The summed E-state index contributed by atoms with van der Waals surface area (Å²) in [4.78, 5) is 0. The van der Waals surface area contributed by atoms with E-state index in [-0.39, 0.29) is 20.4 Å². The van der Waals surface area contributed by atoms with Crippen LogP contribution in [0.4, 0.5) is 0 Å². The van der Waals surface area contributed by atoms with E-state index in [0.29, 0.717) is 0 Å². The summed E-state index contributed by atoms with van der Waals surface area (Å²) >= 11 is 16.5. The Morgan fingerprint density at radius 3 is 2.22 bits per heavy atom. The van der Waals surface area contributed by atoms with Gasteiger partial charge in [-0.15, -0.1) is 0 Å². The van der Waals surface area contributed by atoms with E-state index in [1.165, 1.54) is 0 Å². The molecule has 1 aromatic rings. The molecule has 0 aliphatic rings. The molecule has 0 aliphatic carbocycles. The molecule has 0 unspecified atom stereocenters. The SMILES string of the molecule is ClC(Cl)(Cl)c1ccc[te]1. The number of halogens is 3. The molecular formula is C5H3Cl3Te. The summed E-state index contributed by atoms with van der Waals surface area (Å²) in [6.45, 7) is 0. The summed E-state index contributed by atoms with van der Waals surface area (Å²) in [6, 6.07) is 3.83. The van der Waals surface area contributed by atoms with E-state index in [1.54, 1.807) is 0 Å². The molecule has 0 N–H and O–H groups in total. The fourth-order valence-corrected chi connectivity index (χ4v) is 3.22. The molecule has 1 aromatic heterocycles. The Bertz CT molecular complexity index is 175. The van der Waals surface area contributed by atoms with Crippen LogP contribution in [-0.2, 0) is 3.79 Å². The second-order valence-electron chi connectivity index (χ2n) is 1.48. The van der Waals surface area contributed by atoms with Gasteiger partial charge in [0.25, 0.3) is 0 Å². The van der Waals surface area contributed by atoms with E-state index >= 15 is 0 Å². The molecule has 1 heterocycles. The van der Waals surface area contributed by atoms with Crippen molar-refractivity contribution in [3.63, 3.8) is 0 Å². The van der Waals surface area contributed by atoms with Crippen molar-refractivity contribution in [1.29, 1.82) is 0 Å². The molecule has 0 aromatic carbocycles. The first-order valence-electron chi connectivity index (χ1n) is 2.21. The van der Waals surface area contributed by atoms with Gasteiger partial charge in [-0.1, -0.05) is 0 Å². The van der Waals surface area contributed by atoms with Gasteiger partial charge in [0.15, 0.2) is 0 Å². The van der Waals surface area contributed by atoms with Crippen molar-refractivity contribution in [2.45, 2.75) is 3.79 Å². The van der Waals surface area contributed by atoms with Gasteiger partial charge in [-0.25, -0.2) is 0 Å². The van der Waals surface area contributed by atoms with Crippen molar-refractivity contribution in [2.24, 2.45) is 0 Å². The van der Waals surface area contributed by atoms with Gasteiger partial charge >= 0.3 is 78.8 Å². The predicted molar refractivity (Wildman–Crippen MR) is 42.6 cm³/mol. The molecule has 0 nitrogen and oxygen atoms in total. The van der Waals surface area contributed by atoms with Crippen LogP contribution >= 0.6 is 34.8 Å². The van der Waals surface area contributed by atoms with Crippen LogP contribution in [0.1, 0.15) is 3.58 Å². The van der Waals surface area contributed by atoms with Crippen LogP contribution in [0.15, 0.2) is 16.2 Å². The maximum atomic E-state index is 5.59. The van der Waals surface area contributed by atoms with E-state index in [4.69, 9.17) is 34.8 Å². The first kappa shape index (κ1) is 8.24. The fourth-order valence-electron chi connectivity index (χ4n) is 0.440. The molecule has 0 bridgehead atoms. The Hall–Kier alpha value is 1.14. The Labute approximate surface area is 78.3 Å². The van der Waals surface area contributed by atoms with Gasteiger partial charge < -0.3 is 0 Å². The summed E-state index contributed by atoms with van der Waals surface area (Å²) in [5, 5.41) is 0. The normalized spacial score (nSPS) is 11.9. The summed E-state index contributed by atoms with van der Waals surface area (Å²) in [7, 11) is 0. The van der Waals surface area contributed by atoms with Crippen molar-refractivity contribution in [3.05, 3.63) is 19.8 Å². The molecule has 0 amide bonds. The van der Waals surface area contributed by atoms with Gasteiger partial charge in [-0.3, -0.25) is 0 Å². The molecular weight excluding hydrogens is 294 g/mol. The maximum absolute atomic E-state index is 5.59. The van der Waals surface area contributed by atoms with E-state index in [0.717, 1.165) is 3.58 Å². The van der Waals surface area contributed by atoms with Crippen molar-refractivity contribution in [1.82, 2.24) is 0 Å². The van der Waals surface area contributed by atoms with Crippen molar-refractivity contribution < 1.29 is 0 Å². The Morgan fingerprint density at radius 2 is 2.00 bits per heavy atom. The zero-order chi connectivity index (χ0) is 6.91. The molecule has 0 saturated carbocycles. The molecule has 50 valence electrons. The number of hydrogen-bond acceptors (Lipinski definition) is 0. The molecule has 1 rings (SSSR count). The third kappa shape index (κ3) is 2.33. The van der Waals surface area contributed by atoms with E-state index in [9.17, 15) is 0 Å². The molecule has 9 heavy (non-hydrogen) atoms. The molecule has 0 spiro atoms. The third-order valence-corrected chi connectivity index (χ3v) is 5.29. The van der Waals surface area contributed by atoms with E-state index in [1.807, 2.05) is 12.1 Å². The topological polar surface area (TPSA) is 0 Å². The van der Waals surface area contributed by atoms with Crippen molar-refractivity contribution in [2.75, 3.05) is 0 Å². The zero-order valence-corrected chi connectivity index (χ0v) is 8.87. The molecule has 4 heteroatoms. The summed E-state index contributed by atoms with van der Waals surface area (Å²) in [5.41, 5.74) is 0. The van der Waals surface area contributed by atoms with Gasteiger partial charge in [0.2, 0.25) is 0 Å². The average Bonchev–Trinajstić information content (AvgIpc) is 2.08. The van der Waals surface area contributed by atoms with Crippen LogP contribution in [0.5, 0.6) is 0 Å². The van der Waals surface area contributed by atoms with Crippen LogP contribution in [0.25, 0.3) is 0 Å². The molecule has 0 saturated heterocycles.